The van der Waals surface area contributed by atoms with Gasteiger partial charge in [0, 0.05) is 42.0 Å². The summed E-state index contributed by atoms with van der Waals surface area (Å²) in [5.74, 6) is 0.892. The van der Waals surface area contributed by atoms with Gasteiger partial charge < -0.3 is 4.74 Å². The number of ether oxygens (including phenoxy) is 1. The van der Waals surface area contributed by atoms with Gasteiger partial charge in [-0.25, -0.2) is 0 Å². The van der Waals surface area contributed by atoms with E-state index in [1.165, 1.54) is 0 Å². The monoisotopic (exact) mass is 376 g/mol. The van der Waals surface area contributed by atoms with E-state index in [4.69, 9.17) is 16.3 Å². The van der Waals surface area contributed by atoms with Crippen LogP contribution in [0.4, 0.5) is 0 Å². The first-order valence-corrected chi connectivity index (χ1v) is 9.48. The molecule has 3 aromatic rings. The molecule has 1 aliphatic heterocycles. The highest BCUT2D eigenvalue weighted by molar-refractivity contribution is 6.30. The molecule has 4 rings (SSSR count). The minimum atomic E-state index is 0.703. The molecule has 0 bridgehead atoms. The highest BCUT2D eigenvalue weighted by Crippen LogP contribution is 2.25. The lowest BCUT2D eigenvalue weighted by molar-refractivity contribution is 0.243. The third-order valence-corrected chi connectivity index (χ3v) is 4.91. The van der Waals surface area contributed by atoms with Gasteiger partial charge in [-0.05, 0) is 48.0 Å². The number of nitrogens with zero attached hydrogens (tertiary/aromatic N) is 2. The van der Waals surface area contributed by atoms with Crippen LogP contribution >= 0.6 is 11.6 Å². The van der Waals surface area contributed by atoms with Crippen molar-refractivity contribution < 1.29 is 4.74 Å². The summed E-state index contributed by atoms with van der Waals surface area (Å²) in [7, 11) is 0. The number of benzene rings is 2. The van der Waals surface area contributed by atoms with E-state index in [9.17, 15) is 0 Å². The number of halogens is 1. The molecule has 0 atom stereocenters. The molecule has 3 nitrogen and oxygen atoms in total. The van der Waals surface area contributed by atoms with Crippen molar-refractivity contribution in [3.8, 4) is 28.1 Å². The van der Waals surface area contributed by atoms with Gasteiger partial charge in [0.1, 0.15) is 12.4 Å². The lowest BCUT2D eigenvalue weighted by Gasteiger charge is -2.15. The van der Waals surface area contributed by atoms with Gasteiger partial charge in [0.05, 0.1) is 5.69 Å². The molecule has 2 aromatic carbocycles. The van der Waals surface area contributed by atoms with Crippen molar-refractivity contribution in [3.63, 3.8) is 0 Å². The van der Waals surface area contributed by atoms with E-state index in [2.05, 4.69) is 40.2 Å². The molecule has 0 aliphatic carbocycles. The van der Waals surface area contributed by atoms with Crippen molar-refractivity contribution >= 4 is 11.6 Å². The minimum Gasteiger partial charge on any atom is -0.492 e. The van der Waals surface area contributed by atoms with Crippen molar-refractivity contribution in [3.05, 3.63) is 84.0 Å². The second-order valence-electron chi connectivity index (χ2n) is 6.54. The van der Waals surface area contributed by atoms with E-state index >= 15 is 0 Å². The van der Waals surface area contributed by atoms with E-state index in [1.807, 2.05) is 48.7 Å². The Bertz CT molecular complexity index is 895. The van der Waals surface area contributed by atoms with Gasteiger partial charge in [0.25, 0.3) is 0 Å². The Hall–Kier alpha value is -2.62. The van der Waals surface area contributed by atoms with Gasteiger partial charge in [-0.2, -0.15) is 0 Å². The average molecular weight is 377 g/mol. The summed E-state index contributed by atoms with van der Waals surface area (Å²) in [6, 6.07) is 20.0. The van der Waals surface area contributed by atoms with Gasteiger partial charge in [0.2, 0.25) is 0 Å². The predicted octanol–water partition coefficient (Wildman–Crippen LogP) is 5.32. The van der Waals surface area contributed by atoms with E-state index < -0.39 is 0 Å². The second-order valence-corrected chi connectivity index (χ2v) is 6.98. The third-order valence-electron chi connectivity index (χ3n) is 4.66. The first-order valence-electron chi connectivity index (χ1n) is 9.10. The van der Waals surface area contributed by atoms with Crippen LogP contribution in [0.1, 0.15) is 0 Å². The fraction of sp³-hybridized carbons (Fsp3) is 0.174. The lowest BCUT2D eigenvalue weighted by Crippen LogP contribution is -2.25. The molecule has 0 N–H and O–H groups in total. The second kappa shape index (κ2) is 8.38. The summed E-state index contributed by atoms with van der Waals surface area (Å²) in [5.41, 5.74) is 4.21. The number of rotatable bonds is 6. The van der Waals surface area contributed by atoms with Gasteiger partial charge in [0.15, 0.2) is 0 Å². The molecule has 4 heteroatoms. The van der Waals surface area contributed by atoms with Crippen LogP contribution in [-0.2, 0) is 0 Å². The average Bonchev–Trinajstić information content (AvgIpc) is 3.23. The van der Waals surface area contributed by atoms with E-state index in [1.54, 1.807) is 0 Å². The summed E-state index contributed by atoms with van der Waals surface area (Å²) in [4.78, 5) is 6.95. The smallest absolute Gasteiger partial charge is 0.119 e. The molecular formula is C23H21ClN2O. The Morgan fingerprint density at radius 3 is 2.15 bits per heavy atom. The maximum absolute atomic E-state index is 5.95. The van der Waals surface area contributed by atoms with E-state index in [-0.39, 0.29) is 0 Å². The molecule has 0 spiro atoms. The number of hydrogen-bond acceptors (Lipinski definition) is 3. The van der Waals surface area contributed by atoms with Gasteiger partial charge >= 0.3 is 0 Å². The van der Waals surface area contributed by atoms with Crippen molar-refractivity contribution in [1.82, 2.24) is 9.88 Å². The van der Waals surface area contributed by atoms with Gasteiger partial charge in [-0.3, -0.25) is 9.88 Å². The standard InChI is InChI=1S/C23H21ClN2O/c24-21-8-3-18(4-9-21)20-7-12-23(25-17-20)19-5-10-22(11-6-19)27-16-15-26-13-1-2-14-26/h1-12,17H,13-16H2. The molecule has 136 valence electrons. The Labute approximate surface area is 164 Å². The molecule has 0 amide bonds. The molecule has 0 saturated carbocycles. The molecule has 1 aromatic heterocycles. The fourth-order valence-electron chi connectivity index (χ4n) is 3.10. The van der Waals surface area contributed by atoms with Crippen LogP contribution in [0.3, 0.4) is 0 Å². The summed E-state index contributed by atoms with van der Waals surface area (Å²) in [6.07, 6.45) is 6.28. The van der Waals surface area contributed by atoms with Gasteiger partial charge in [-0.15, -0.1) is 0 Å². The zero-order valence-electron chi connectivity index (χ0n) is 15.0. The Balaban J connectivity index is 1.37. The Morgan fingerprint density at radius 2 is 1.48 bits per heavy atom. The Morgan fingerprint density at radius 1 is 0.815 bits per heavy atom. The Kier molecular flexibility index (Phi) is 5.52. The van der Waals surface area contributed by atoms with Crippen LogP contribution in [0.2, 0.25) is 5.02 Å². The minimum absolute atomic E-state index is 0.703. The molecule has 0 unspecified atom stereocenters. The summed E-state index contributed by atoms with van der Waals surface area (Å²) in [6.45, 7) is 3.71. The molecule has 0 fully saturated rings. The van der Waals surface area contributed by atoms with Gasteiger partial charge in [-0.1, -0.05) is 42.0 Å². The molecule has 2 heterocycles. The maximum Gasteiger partial charge on any atom is 0.119 e. The van der Waals surface area contributed by atoms with E-state index in [0.29, 0.717) is 6.61 Å². The number of hydrogen-bond donors (Lipinski definition) is 0. The SMILES string of the molecule is Clc1ccc(-c2ccc(-c3ccc(OCCN4CC=CC4)cc3)nc2)cc1. The van der Waals surface area contributed by atoms with Crippen LogP contribution in [0.25, 0.3) is 22.4 Å². The third kappa shape index (κ3) is 4.57. The molecule has 1 aliphatic rings. The zero-order valence-corrected chi connectivity index (χ0v) is 15.8. The highest BCUT2D eigenvalue weighted by Gasteiger charge is 2.06. The highest BCUT2D eigenvalue weighted by atomic mass is 35.5. The van der Waals surface area contributed by atoms with Crippen LogP contribution in [0.15, 0.2) is 79.0 Å². The molecular weight excluding hydrogens is 356 g/mol. The summed E-state index contributed by atoms with van der Waals surface area (Å²) in [5, 5.41) is 0.739. The molecule has 27 heavy (non-hydrogen) atoms. The topological polar surface area (TPSA) is 25.4 Å². The zero-order chi connectivity index (χ0) is 18.5. The first-order chi connectivity index (χ1) is 13.3. The first kappa shape index (κ1) is 17.8. The molecule has 0 radical (unpaired) electrons. The molecule has 0 saturated heterocycles. The lowest BCUT2D eigenvalue weighted by atomic mass is 10.1. The van der Waals surface area contributed by atoms with Crippen molar-refractivity contribution in [1.29, 1.82) is 0 Å². The van der Waals surface area contributed by atoms with Crippen molar-refractivity contribution in [2.75, 3.05) is 26.2 Å². The maximum atomic E-state index is 5.95. The van der Waals surface area contributed by atoms with E-state index in [0.717, 1.165) is 52.8 Å². The van der Waals surface area contributed by atoms with Crippen LogP contribution in [0, 0.1) is 0 Å². The number of aromatic nitrogens is 1. The van der Waals surface area contributed by atoms with Crippen LogP contribution < -0.4 is 4.74 Å². The number of pyridine rings is 1. The predicted molar refractivity (Wildman–Crippen MR) is 111 cm³/mol. The summed E-state index contributed by atoms with van der Waals surface area (Å²) < 4.78 is 5.84. The van der Waals surface area contributed by atoms with Crippen molar-refractivity contribution in [2.24, 2.45) is 0 Å². The fourth-order valence-corrected chi connectivity index (χ4v) is 3.22. The summed E-state index contributed by atoms with van der Waals surface area (Å²) >= 11 is 5.95. The largest absolute Gasteiger partial charge is 0.492 e. The normalized spacial score (nSPS) is 13.8. The quantitative estimate of drug-likeness (QED) is 0.544. The van der Waals surface area contributed by atoms with Crippen molar-refractivity contribution in [2.45, 2.75) is 0 Å². The van der Waals surface area contributed by atoms with Crippen LogP contribution in [0.5, 0.6) is 5.75 Å². The van der Waals surface area contributed by atoms with Crippen LogP contribution in [-0.4, -0.2) is 36.1 Å².